The third kappa shape index (κ3) is 8.02. The van der Waals surface area contributed by atoms with E-state index in [1.807, 2.05) is 6.07 Å². The van der Waals surface area contributed by atoms with Gasteiger partial charge in [-0.05, 0) is 30.0 Å². The van der Waals surface area contributed by atoms with Crippen LogP contribution < -0.4 is 10.6 Å². The molecule has 108 valence electrons. The fraction of sp³-hybridized carbons (Fsp3) is 0.500. The maximum Gasteiger partial charge on any atom is 0.190 e. The summed E-state index contributed by atoms with van der Waals surface area (Å²) in [5.74, 6) is 1.18. The van der Waals surface area contributed by atoms with Gasteiger partial charge in [-0.2, -0.15) is 0 Å². The molecule has 0 spiro atoms. The van der Waals surface area contributed by atoms with Gasteiger partial charge in [0.05, 0.1) is 0 Å². The maximum absolute atomic E-state index is 13.0. The Morgan fingerprint density at radius 2 is 2.05 bits per heavy atom. The van der Waals surface area contributed by atoms with Gasteiger partial charge in [0.2, 0.25) is 0 Å². The lowest BCUT2D eigenvalue weighted by Crippen LogP contribution is -2.39. The highest BCUT2D eigenvalue weighted by molar-refractivity contribution is 14.0. The highest BCUT2D eigenvalue weighted by Gasteiger charge is 2.00. The van der Waals surface area contributed by atoms with Crippen LogP contribution in [0.15, 0.2) is 29.3 Å². The summed E-state index contributed by atoms with van der Waals surface area (Å²) in [6.45, 7) is 5.92. The number of hydrogen-bond acceptors (Lipinski definition) is 1. The highest BCUT2D eigenvalue weighted by atomic mass is 127. The van der Waals surface area contributed by atoms with Crippen molar-refractivity contribution in [1.29, 1.82) is 0 Å². The summed E-state index contributed by atoms with van der Waals surface area (Å²) in [5.41, 5.74) is 0.988. The van der Waals surface area contributed by atoms with Crippen LogP contribution in [0.4, 0.5) is 4.39 Å². The average Bonchev–Trinajstić information content (AvgIpc) is 2.33. The molecule has 0 unspecified atom stereocenters. The van der Waals surface area contributed by atoms with Crippen LogP contribution in [-0.2, 0) is 6.42 Å². The Kier molecular flexibility index (Phi) is 9.55. The Balaban J connectivity index is 0.00000324. The molecule has 0 radical (unpaired) electrons. The Morgan fingerprint density at radius 3 is 2.63 bits per heavy atom. The molecule has 0 saturated heterocycles. The summed E-state index contributed by atoms with van der Waals surface area (Å²) < 4.78 is 13.0. The molecule has 1 aromatic carbocycles. The van der Waals surface area contributed by atoms with E-state index in [4.69, 9.17) is 0 Å². The van der Waals surface area contributed by atoms with Crippen LogP contribution in [-0.4, -0.2) is 26.1 Å². The number of guanidine groups is 1. The molecular weight excluding hydrogens is 356 g/mol. The third-order valence-corrected chi connectivity index (χ3v) is 2.50. The van der Waals surface area contributed by atoms with Crippen molar-refractivity contribution >= 4 is 29.9 Å². The molecule has 5 heteroatoms. The number of rotatable bonds is 5. The van der Waals surface area contributed by atoms with Crippen LogP contribution in [0.5, 0.6) is 0 Å². The van der Waals surface area contributed by atoms with Crippen molar-refractivity contribution in [3.05, 3.63) is 35.6 Å². The summed E-state index contributed by atoms with van der Waals surface area (Å²) in [4.78, 5) is 4.13. The van der Waals surface area contributed by atoms with Crippen molar-refractivity contribution in [2.75, 3.05) is 20.1 Å². The molecule has 0 heterocycles. The van der Waals surface area contributed by atoms with Crippen molar-refractivity contribution in [1.82, 2.24) is 10.6 Å². The summed E-state index contributed by atoms with van der Waals surface area (Å²) in [6.07, 6.45) is 0.778. The smallest absolute Gasteiger partial charge is 0.190 e. The van der Waals surface area contributed by atoms with Gasteiger partial charge >= 0.3 is 0 Å². The van der Waals surface area contributed by atoms with Crippen molar-refractivity contribution in [2.24, 2.45) is 10.9 Å². The van der Waals surface area contributed by atoms with Crippen LogP contribution in [0, 0.1) is 11.7 Å². The lowest BCUT2D eigenvalue weighted by molar-refractivity contribution is 0.613. The van der Waals surface area contributed by atoms with Crippen LogP contribution in [0.25, 0.3) is 0 Å². The van der Waals surface area contributed by atoms with E-state index in [-0.39, 0.29) is 29.8 Å². The van der Waals surface area contributed by atoms with Crippen molar-refractivity contribution in [2.45, 2.75) is 20.3 Å². The first-order valence-corrected chi connectivity index (χ1v) is 6.30. The molecule has 0 fully saturated rings. The van der Waals surface area contributed by atoms with Gasteiger partial charge in [-0.25, -0.2) is 4.39 Å². The molecule has 0 aliphatic rings. The standard InChI is InChI=1S/C14H22FN3.HI/c1-11(2)10-18-14(16-3)17-8-7-12-5-4-6-13(15)9-12;/h4-6,9,11H,7-8,10H2,1-3H3,(H2,16,17,18);1H. The van der Waals surface area contributed by atoms with E-state index < -0.39 is 0 Å². The number of aliphatic imine (C=N–C) groups is 1. The second kappa shape index (κ2) is 10.00. The van der Waals surface area contributed by atoms with Crippen molar-refractivity contribution < 1.29 is 4.39 Å². The van der Waals surface area contributed by atoms with Crippen LogP contribution >= 0.6 is 24.0 Å². The molecule has 0 amide bonds. The molecule has 19 heavy (non-hydrogen) atoms. The van der Waals surface area contributed by atoms with E-state index in [1.54, 1.807) is 19.2 Å². The number of benzene rings is 1. The van der Waals surface area contributed by atoms with Gasteiger partial charge in [0.1, 0.15) is 5.82 Å². The molecule has 0 aliphatic heterocycles. The van der Waals surface area contributed by atoms with Crippen molar-refractivity contribution in [3.63, 3.8) is 0 Å². The first-order valence-electron chi connectivity index (χ1n) is 6.30. The molecule has 1 rings (SSSR count). The van der Waals surface area contributed by atoms with Gasteiger partial charge in [0, 0.05) is 20.1 Å². The first kappa shape index (κ1) is 18.1. The average molecular weight is 379 g/mol. The molecule has 0 aliphatic carbocycles. The number of nitrogens with zero attached hydrogens (tertiary/aromatic N) is 1. The minimum Gasteiger partial charge on any atom is -0.356 e. The summed E-state index contributed by atoms with van der Waals surface area (Å²) in [7, 11) is 1.75. The largest absolute Gasteiger partial charge is 0.356 e. The number of halogens is 2. The number of hydrogen-bond donors (Lipinski definition) is 2. The zero-order valence-corrected chi connectivity index (χ0v) is 14.1. The normalized spacial score (nSPS) is 11.1. The van der Waals surface area contributed by atoms with Crippen LogP contribution in [0.3, 0.4) is 0 Å². The maximum atomic E-state index is 13.0. The van der Waals surface area contributed by atoms with Crippen LogP contribution in [0.1, 0.15) is 19.4 Å². The second-order valence-corrected chi connectivity index (χ2v) is 4.65. The molecule has 0 atom stereocenters. The second-order valence-electron chi connectivity index (χ2n) is 4.65. The van der Waals surface area contributed by atoms with Gasteiger partial charge in [0.25, 0.3) is 0 Å². The number of nitrogens with one attached hydrogen (secondary N) is 2. The first-order chi connectivity index (χ1) is 8.61. The zero-order valence-electron chi connectivity index (χ0n) is 11.7. The monoisotopic (exact) mass is 379 g/mol. The lowest BCUT2D eigenvalue weighted by Gasteiger charge is -2.13. The summed E-state index contributed by atoms with van der Waals surface area (Å²) >= 11 is 0. The van der Waals surface area contributed by atoms with E-state index >= 15 is 0 Å². The lowest BCUT2D eigenvalue weighted by atomic mass is 10.1. The van der Waals surface area contributed by atoms with Gasteiger partial charge in [-0.15, -0.1) is 24.0 Å². The quantitative estimate of drug-likeness (QED) is 0.469. The van der Waals surface area contributed by atoms with Crippen LogP contribution in [0.2, 0.25) is 0 Å². The Morgan fingerprint density at radius 1 is 1.32 bits per heavy atom. The topological polar surface area (TPSA) is 36.4 Å². The minimum atomic E-state index is -0.185. The van der Waals surface area contributed by atoms with E-state index in [9.17, 15) is 4.39 Å². The Hall–Kier alpha value is -0.850. The van der Waals surface area contributed by atoms with Gasteiger partial charge in [-0.3, -0.25) is 4.99 Å². The molecule has 0 aromatic heterocycles. The van der Waals surface area contributed by atoms with E-state index in [0.29, 0.717) is 5.92 Å². The fourth-order valence-electron chi connectivity index (χ4n) is 1.54. The zero-order chi connectivity index (χ0) is 13.4. The SMILES string of the molecule is CN=C(NCCc1cccc(F)c1)NCC(C)C.I. The predicted molar refractivity (Wildman–Crippen MR) is 89.7 cm³/mol. The van der Waals surface area contributed by atoms with Gasteiger partial charge in [0.15, 0.2) is 5.96 Å². The minimum absolute atomic E-state index is 0. The predicted octanol–water partition coefficient (Wildman–Crippen LogP) is 2.81. The molecular formula is C14H23FIN3. The van der Waals surface area contributed by atoms with Gasteiger partial charge in [-0.1, -0.05) is 26.0 Å². The summed E-state index contributed by atoms with van der Waals surface area (Å²) in [6, 6.07) is 6.68. The fourth-order valence-corrected chi connectivity index (χ4v) is 1.54. The summed E-state index contributed by atoms with van der Waals surface area (Å²) in [5, 5.41) is 6.44. The Bertz CT molecular complexity index is 394. The third-order valence-electron chi connectivity index (χ3n) is 2.50. The molecule has 0 saturated carbocycles. The molecule has 2 N–H and O–H groups in total. The molecule has 3 nitrogen and oxygen atoms in total. The molecule has 0 bridgehead atoms. The van der Waals surface area contributed by atoms with Crippen molar-refractivity contribution in [3.8, 4) is 0 Å². The highest BCUT2D eigenvalue weighted by Crippen LogP contribution is 2.03. The van der Waals surface area contributed by atoms with Gasteiger partial charge < -0.3 is 10.6 Å². The van der Waals surface area contributed by atoms with E-state index in [1.165, 1.54) is 6.07 Å². The Labute approximate surface area is 132 Å². The molecule has 1 aromatic rings. The van der Waals surface area contributed by atoms with E-state index in [2.05, 4.69) is 29.5 Å². The van der Waals surface area contributed by atoms with E-state index in [0.717, 1.165) is 31.0 Å².